The molecule has 0 saturated heterocycles. The average molecular weight is 479 g/mol. The molecule has 0 unspecified atom stereocenters. The number of nitrogens with zero attached hydrogens (tertiary/aromatic N) is 2. The topological polar surface area (TPSA) is 70.1 Å². The number of hydrogen-bond acceptors (Lipinski definition) is 7. The molecule has 1 aromatic heterocycles. The first kappa shape index (κ1) is 23.4. The summed E-state index contributed by atoms with van der Waals surface area (Å²) in [5.74, 6) is 1.85. The van der Waals surface area contributed by atoms with Gasteiger partial charge in [0.25, 0.3) is 0 Å². The molecule has 176 valence electrons. The monoisotopic (exact) mass is 478 g/mol. The van der Waals surface area contributed by atoms with E-state index in [1.54, 1.807) is 25.2 Å². The third-order valence-electron chi connectivity index (χ3n) is 5.26. The fraction of sp³-hybridized carbons (Fsp3) is 0.231. The zero-order valence-electron chi connectivity index (χ0n) is 19.5. The molecule has 1 amide bonds. The van der Waals surface area contributed by atoms with Crippen LogP contribution >= 0.6 is 11.3 Å². The summed E-state index contributed by atoms with van der Waals surface area (Å²) in [6, 6.07) is 18.9. The summed E-state index contributed by atoms with van der Waals surface area (Å²) >= 11 is 1.45. The molecule has 0 N–H and O–H groups in total. The fourth-order valence-electron chi connectivity index (χ4n) is 3.76. The number of hydrogen-bond donors (Lipinski definition) is 0. The Balaban J connectivity index is 1.81. The molecule has 0 aliphatic rings. The Morgan fingerprint density at radius 1 is 0.882 bits per heavy atom. The quantitative estimate of drug-likeness (QED) is 0.311. The first-order chi connectivity index (χ1) is 16.6. The largest absolute Gasteiger partial charge is 0.493 e. The second-order valence-electron chi connectivity index (χ2n) is 7.26. The van der Waals surface area contributed by atoms with Gasteiger partial charge in [-0.25, -0.2) is 4.98 Å². The van der Waals surface area contributed by atoms with Crippen molar-refractivity contribution in [2.24, 2.45) is 0 Å². The molecule has 7 nitrogen and oxygen atoms in total. The van der Waals surface area contributed by atoms with Crippen LogP contribution in [0.4, 0.5) is 10.8 Å². The molecule has 8 heteroatoms. The van der Waals surface area contributed by atoms with Gasteiger partial charge in [0.15, 0.2) is 16.6 Å². The maximum atomic E-state index is 13.9. The molecular formula is C26H26N2O5S. The minimum Gasteiger partial charge on any atom is -0.493 e. The summed E-state index contributed by atoms with van der Waals surface area (Å²) in [4.78, 5) is 20.2. The van der Waals surface area contributed by atoms with Gasteiger partial charge in [0, 0.05) is 5.56 Å². The molecule has 34 heavy (non-hydrogen) atoms. The van der Waals surface area contributed by atoms with Crippen LogP contribution in [0.25, 0.3) is 10.2 Å². The highest BCUT2D eigenvalue weighted by Gasteiger charge is 2.27. The maximum absolute atomic E-state index is 13.9. The number of rotatable bonds is 9. The number of benzene rings is 3. The zero-order valence-corrected chi connectivity index (χ0v) is 20.3. The molecular weight excluding hydrogens is 452 g/mol. The van der Waals surface area contributed by atoms with Crippen molar-refractivity contribution in [2.45, 2.75) is 13.3 Å². The number of methoxy groups -OCH3 is 3. The van der Waals surface area contributed by atoms with Crippen molar-refractivity contribution < 1.29 is 23.7 Å². The van der Waals surface area contributed by atoms with Crippen molar-refractivity contribution in [1.82, 2.24) is 4.98 Å². The lowest BCUT2D eigenvalue weighted by molar-refractivity contribution is -0.117. The van der Waals surface area contributed by atoms with Gasteiger partial charge in [-0.2, -0.15) is 0 Å². The van der Waals surface area contributed by atoms with Gasteiger partial charge in [0.05, 0.1) is 50.3 Å². The molecule has 0 bridgehead atoms. The number of para-hydroxylation sites is 3. The molecule has 4 rings (SSSR count). The van der Waals surface area contributed by atoms with E-state index in [2.05, 4.69) is 0 Å². The van der Waals surface area contributed by atoms with Crippen molar-refractivity contribution in [3.63, 3.8) is 0 Å². The highest BCUT2D eigenvalue weighted by molar-refractivity contribution is 7.22. The van der Waals surface area contributed by atoms with Gasteiger partial charge in [-0.1, -0.05) is 41.7 Å². The molecule has 0 atom stereocenters. The van der Waals surface area contributed by atoms with E-state index in [0.717, 1.165) is 10.2 Å². The Bertz CT molecular complexity index is 1270. The summed E-state index contributed by atoms with van der Waals surface area (Å²) in [6.45, 7) is 2.39. The van der Waals surface area contributed by atoms with Crippen LogP contribution in [0.3, 0.4) is 0 Å². The molecule has 0 radical (unpaired) electrons. The van der Waals surface area contributed by atoms with E-state index in [-0.39, 0.29) is 12.3 Å². The lowest BCUT2D eigenvalue weighted by Gasteiger charge is -2.23. The number of carbonyl (C=O) groups is 1. The standard InChI is InChI=1S/C26H26N2O5S/c1-5-33-20-12-8-7-11-19(20)28(26-27-18-10-6-9-13-22(18)34-26)23(29)16-17-14-15-21(30-2)25(32-4)24(17)31-3/h6-15H,5,16H2,1-4H3. The summed E-state index contributed by atoms with van der Waals surface area (Å²) in [7, 11) is 4.64. The molecule has 4 aromatic rings. The SMILES string of the molecule is CCOc1ccccc1N(C(=O)Cc1ccc(OC)c(OC)c1OC)c1nc2ccccc2s1. The van der Waals surface area contributed by atoms with E-state index < -0.39 is 0 Å². The molecule has 0 aliphatic carbocycles. The summed E-state index contributed by atoms with van der Waals surface area (Å²) in [6.07, 6.45) is 0.0555. The van der Waals surface area contributed by atoms with E-state index in [0.29, 0.717) is 46.0 Å². The number of ether oxygens (including phenoxy) is 4. The van der Waals surface area contributed by atoms with Crippen molar-refractivity contribution in [2.75, 3.05) is 32.8 Å². The molecule has 0 aliphatic heterocycles. The van der Waals surface area contributed by atoms with E-state index in [9.17, 15) is 4.79 Å². The lowest BCUT2D eigenvalue weighted by atomic mass is 10.1. The van der Waals surface area contributed by atoms with Crippen LogP contribution in [-0.4, -0.2) is 38.8 Å². The van der Waals surface area contributed by atoms with Gasteiger partial charge in [0.1, 0.15) is 5.75 Å². The summed E-state index contributed by atoms with van der Waals surface area (Å²) in [5.41, 5.74) is 2.14. The third-order valence-corrected chi connectivity index (χ3v) is 6.28. The molecule has 0 fully saturated rings. The van der Waals surface area contributed by atoms with Crippen LogP contribution in [-0.2, 0) is 11.2 Å². The predicted octanol–water partition coefficient (Wildman–Crippen LogP) is 5.63. The third kappa shape index (κ3) is 4.49. The Morgan fingerprint density at radius 3 is 2.32 bits per heavy atom. The highest BCUT2D eigenvalue weighted by Crippen LogP contribution is 2.42. The van der Waals surface area contributed by atoms with Gasteiger partial charge in [0.2, 0.25) is 11.7 Å². The highest BCUT2D eigenvalue weighted by atomic mass is 32.1. The number of anilines is 2. The Morgan fingerprint density at radius 2 is 1.62 bits per heavy atom. The Kier molecular flexibility index (Phi) is 7.18. The van der Waals surface area contributed by atoms with Gasteiger partial charge >= 0.3 is 0 Å². The van der Waals surface area contributed by atoms with E-state index in [1.807, 2.05) is 61.5 Å². The number of amides is 1. The van der Waals surface area contributed by atoms with Crippen LogP contribution in [0.15, 0.2) is 60.7 Å². The van der Waals surface area contributed by atoms with Crippen LogP contribution < -0.4 is 23.8 Å². The fourth-order valence-corrected chi connectivity index (χ4v) is 4.76. The minimum atomic E-state index is -0.184. The molecule has 1 heterocycles. The summed E-state index contributed by atoms with van der Waals surface area (Å²) in [5, 5.41) is 0.567. The number of carbonyl (C=O) groups excluding carboxylic acids is 1. The Labute approximate surface area is 202 Å². The van der Waals surface area contributed by atoms with Crippen molar-refractivity contribution in [3.05, 3.63) is 66.2 Å². The number of aromatic nitrogens is 1. The molecule has 0 saturated carbocycles. The van der Waals surface area contributed by atoms with Crippen LogP contribution in [0, 0.1) is 0 Å². The molecule has 3 aromatic carbocycles. The van der Waals surface area contributed by atoms with Gasteiger partial charge in [-0.3, -0.25) is 9.69 Å². The predicted molar refractivity (Wildman–Crippen MR) is 134 cm³/mol. The van der Waals surface area contributed by atoms with Crippen molar-refractivity contribution in [1.29, 1.82) is 0 Å². The first-order valence-electron chi connectivity index (χ1n) is 10.8. The summed E-state index contributed by atoms with van der Waals surface area (Å²) < 4.78 is 23.3. The van der Waals surface area contributed by atoms with E-state index in [4.69, 9.17) is 23.9 Å². The second kappa shape index (κ2) is 10.4. The van der Waals surface area contributed by atoms with Gasteiger partial charge in [-0.05, 0) is 37.3 Å². The lowest BCUT2D eigenvalue weighted by Crippen LogP contribution is -2.28. The smallest absolute Gasteiger partial charge is 0.238 e. The van der Waals surface area contributed by atoms with Crippen molar-refractivity contribution in [3.8, 4) is 23.0 Å². The first-order valence-corrected chi connectivity index (χ1v) is 11.6. The van der Waals surface area contributed by atoms with E-state index in [1.165, 1.54) is 18.4 Å². The van der Waals surface area contributed by atoms with Crippen molar-refractivity contribution >= 4 is 38.3 Å². The van der Waals surface area contributed by atoms with Crippen LogP contribution in [0.2, 0.25) is 0 Å². The van der Waals surface area contributed by atoms with Gasteiger partial charge in [-0.15, -0.1) is 0 Å². The van der Waals surface area contributed by atoms with Crippen LogP contribution in [0.1, 0.15) is 12.5 Å². The Hall–Kier alpha value is -3.78. The zero-order chi connectivity index (χ0) is 24.1. The van der Waals surface area contributed by atoms with E-state index >= 15 is 0 Å². The normalized spacial score (nSPS) is 10.7. The second-order valence-corrected chi connectivity index (χ2v) is 8.27. The minimum absolute atomic E-state index is 0.0555. The average Bonchev–Trinajstić information content (AvgIpc) is 3.28. The number of fused-ring (bicyclic) bond motifs is 1. The maximum Gasteiger partial charge on any atom is 0.238 e. The molecule has 0 spiro atoms. The van der Waals surface area contributed by atoms with Gasteiger partial charge < -0.3 is 18.9 Å². The van der Waals surface area contributed by atoms with Crippen LogP contribution in [0.5, 0.6) is 23.0 Å². The number of thiazole rings is 1.